The van der Waals surface area contributed by atoms with Crippen molar-refractivity contribution in [1.82, 2.24) is 0 Å². The predicted octanol–water partition coefficient (Wildman–Crippen LogP) is 0.290. The van der Waals surface area contributed by atoms with Gasteiger partial charge in [-0.3, -0.25) is 0 Å². The predicted molar refractivity (Wildman–Crippen MR) is 101 cm³/mol. The van der Waals surface area contributed by atoms with Gasteiger partial charge in [0.05, 0.1) is 0 Å². The van der Waals surface area contributed by atoms with Crippen molar-refractivity contribution in [2.24, 2.45) is 0 Å². The van der Waals surface area contributed by atoms with E-state index in [9.17, 15) is 0 Å². The molecule has 0 aliphatic heterocycles. The molecule has 0 bridgehead atoms. The van der Waals surface area contributed by atoms with Crippen molar-refractivity contribution in [1.29, 1.82) is 94.7 Å². The van der Waals surface area contributed by atoms with Crippen molar-refractivity contribution in [2.75, 3.05) is 0 Å². The molecule has 0 aliphatic carbocycles. The zero-order valence-corrected chi connectivity index (χ0v) is 24.8. The molecule has 0 aromatic heterocycles. The Labute approximate surface area is 249 Å². The molecule has 0 atom stereocenters. The van der Waals surface area contributed by atoms with Crippen molar-refractivity contribution < 1.29 is 66.9 Å². The van der Waals surface area contributed by atoms with Gasteiger partial charge in [0.1, 0.15) is 0 Å². The fraction of sp³-hybridized carbons (Fsp3) is 0. The van der Waals surface area contributed by atoms with Gasteiger partial charge in [0.2, 0.25) is 0 Å². The van der Waals surface area contributed by atoms with Crippen molar-refractivity contribution in [2.45, 2.75) is 0 Å². The molecule has 0 unspecified atom stereocenters. The normalized spacial score (nSPS) is 12.7. The van der Waals surface area contributed by atoms with Crippen LogP contribution in [0.3, 0.4) is 0 Å². The molecule has 0 saturated carbocycles. The molecule has 18 nitrogen and oxygen atoms in total. The van der Waals surface area contributed by atoms with Crippen molar-refractivity contribution in [3.05, 3.63) is 0 Å². The maximum absolute atomic E-state index is 8.58. The summed E-state index contributed by atoms with van der Waals surface area (Å²) in [5, 5.41) is 154. The first-order valence-corrected chi connectivity index (χ1v) is 17.1. The van der Waals surface area contributed by atoms with E-state index >= 15 is 0 Å². The van der Waals surface area contributed by atoms with E-state index in [1.165, 1.54) is 0 Å². The summed E-state index contributed by atoms with van der Waals surface area (Å²) in [6.45, 7) is 0. The molecular weight excluding hydrogens is 740 g/mol. The molecule has 0 heterocycles. The molecule has 0 spiro atoms. The summed E-state index contributed by atoms with van der Waals surface area (Å²) in [6.07, 6.45) is 0. The van der Waals surface area contributed by atoms with Crippen LogP contribution in [0.2, 0.25) is 0 Å². The van der Waals surface area contributed by atoms with E-state index < -0.39 is 32.2 Å². The molecule has 0 saturated heterocycles. The van der Waals surface area contributed by atoms with E-state index in [4.69, 9.17) is 94.7 Å². The van der Waals surface area contributed by atoms with E-state index in [0.717, 1.165) is 89.4 Å². The van der Waals surface area contributed by atoms with Crippen LogP contribution in [0.1, 0.15) is 0 Å². The number of nitrogens with zero attached hydrogens (tertiary/aromatic N) is 18. The van der Waals surface area contributed by atoms with Crippen LogP contribution >= 0.6 is 0 Å². The van der Waals surface area contributed by atoms with Gasteiger partial charge < -0.3 is 0 Å². The molecule has 0 N–H and O–H groups in total. The largest absolute Gasteiger partial charge is 3.00 e. The summed E-state index contributed by atoms with van der Waals surface area (Å²) in [4.78, 5) is 18.6. The molecule has 0 aliphatic rings. The minimum absolute atomic E-state index is 0. The molecule has 0 fully saturated rings. The zero-order valence-electron chi connectivity index (χ0n) is 18.9. The van der Waals surface area contributed by atoms with Gasteiger partial charge in [0, 0.05) is 0 Å². The topological polar surface area (TPSA) is 428 Å². The van der Waals surface area contributed by atoms with Gasteiger partial charge in [-0.05, 0) is 0 Å². The van der Waals surface area contributed by atoms with Gasteiger partial charge in [-0.1, -0.05) is 0 Å². The zero-order chi connectivity index (χ0) is 32.0. The Balaban J connectivity index is -0.000000154. The Morgan fingerprint density at radius 1 is 0.171 bits per heavy atom. The Morgan fingerprint density at radius 2 is 0.220 bits per heavy atom. The second kappa shape index (κ2) is 11.0. The summed E-state index contributed by atoms with van der Waals surface area (Å²) in [5.74, 6) is 0. The van der Waals surface area contributed by atoms with E-state index in [1.807, 2.05) is 0 Å². The van der Waals surface area contributed by atoms with Crippen LogP contribution in [0.4, 0.5) is 0 Å². The van der Waals surface area contributed by atoms with Gasteiger partial charge in [0.15, 0.2) is 0 Å². The van der Waals surface area contributed by atoms with Gasteiger partial charge in [-0.15, -0.1) is 0 Å². The first-order chi connectivity index (χ1) is 17.9. The third kappa shape index (κ3) is 4.75. The van der Waals surface area contributed by atoms with Crippen LogP contribution in [0.5, 0.6) is 0 Å². The smallest absolute Gasteiger partial charge is 3.00 e. The van der Waals surface area contributed by atoms with E-state index in [2.05, 4.69) is 0 Å². The Morgan fingerprint density at radius 3 is 0.220 bits per heavy atom. The van der Waals surface area contributed by atoms with Gasteiger partial charge in [-0.25, -0.2) is 0 Å². The summed E-state index contributed by atoms with van der Waals surface area (Å²) in [7, 11) is -18.5. The second-order valence-electron chi connectivity index (χ2n) is 5.40. The maximum atomic E-state index is 8.58. The van der Waals surface area contributed by atoms with E-state index in [-0.39, 0.29) is 34.7 Å². The maximum Gasteiger partial charge on any atom is 3.00 e. The molecule has 0 amide bonds. The van der Waals surface area contributed by atoms with Crippen LogP contribution in [0.15, 0.2) is 0 Å². The van der Waals surface area contributed by atoms with Gasteiger partial charge in [-0.2, -0.15) is 0 Å². The molecule has 198 valence electrons. The molecule has 0 aromatic carbocycles. The average Bonchev–Trinajstić information content (AvgIpc) is 3.06. The Hall–Kier alpha value is -6.56. The van der Waals surface area contributed by atoms with Gasteiger partial charge in [0.25, 0.3) is 0 Å². The monoisotopic (exact) mass is 740 g/mol. The number of hydrogen-bond acceptors (Lipinski definition) is 18. The minimum atomic E-state index is -6.17. The van der Waals surface area contributed by atoms with Gasteiger partial charge >= 0.3 is 251 Å². The fourth-order valence-electron chi connectivity index (χ4n) is 0.795. The van der Waals surface area contributed by atoms with Crippen molar-refractivity contribution >= 4 is 0 Å². The Bertz CT molecular complexity index is 1410. The second-order valence-corrected chi connectivity index (χ2v) is 22.3. The number of rotatable bonds is 0. The third-order valence-corrected chi connectivity index (χ3v) is 14.7. The molecule has 23 heteroatoms. The quantitative estimate of drug-likeness (QED) is 0.301. The van der Waals surface area contributed by atoms with Crippen LogP contribution in [-0.4, -0.2) is 0 Å². The van der Waals surface area contributed by atoms with E-state index in [1.54, 1.807) is 0 Å². The van der Waals surface area contributed by atoms with E-state index in [0.29, 0.717) is 0 Å². The third-order valence-electron chi connectivity index (χ3n) is 3.56. The number of hydrogen-bond donors (Lipinski definition) is 0. The average molecular weight is 740 g/mol. The SMILES string of the molecule is N#[C][Fe-2]([C]#N)([C]#N)([C]#N)([C]#N)[C]#N.N#[C][Fe-2]([C]#N)([C]#N)([C]#N)([C]#N)[C]#N.N#[C][Fe-2]([C]#N)([C]#N)([C]#N)([C]#N)[C]#N.[Cr+3].[Cr+3]. The fourth-order valence-corrected chi connectivity index (χ4v) is 3.28. The summed E-state index contributed by atoms with van der Waals surface area (Å²) in [6, 6.07) is 0. The molecule has 0 rings (SSSR count). The van der Waals surface area contributed by atoms with Crippen molar-refractivity contribution in [3.63, 3.8) is 0 Å². The summed E-state index contributed by atoms with van der Waals surface area (Å²) < 4.78 is 0. The summed E-state index contributed by atoms with van der Waals surface area (Å²) in [5.41, 5.74) is 0. The van der Waals surface area contributed by atoms with Crippen LogP contribution in [-0.2, 0) is 66.9 Å². The number of nitriles is 18. The van der Waals surface area contributed by atoms with Crippen LogP contribution in [0, 0.1) is 184 Å². The van der Waals surface area contributed by atoms with Crippen LogP contribution < -0.4 is 0 Å². The molecule has 0 aromatic rings. The molecule has 41 heavy (non-hydrogen) atoms. The van der Waals surface area contributed by atoms with Crippen molar-refractivity contribution in [3.8, 4) is 89.4 Å². The Kier molecular flexibility index (Phi) is 12.0. The first kappa shape index (κ1) is 44.4. The summed E-state index contributed by atoms with van der Waals surface area (Å²) >= 11 is 0. The van der Waals surface area contributed by atoms with Crippen LogP contribution in [0.25, 0.3) is 0 Å². The minimum Gasteiger partial charge on any atom is 3.00 e. The molecular formula is C18Cr2Fe3N18. The molecule has 2 radical (unpaired) electrons. The standard InChI is InChI=1S/18CN.2Cr.3Fe/c18*1-2;;;;;/q;;;;;;;;;;;;;;;;;;2*+3;3*-2. The first-order valence-electron chi connectivity index (χ1n) is 7.21.